The van der Waals surface area contributed by atoms with Gasteiger partial charge >= 0.3 is 0 Å². The SMILES string of the molecule is CC(C)c1cc(O)cc2c1NC(=O)CC2. The van der Waals surface area contributed by atoms with E-state index >= 15 is 0 Å². The fourth-order valence-corrected chi connectivity index (χ4v) is 1.96. The van der Waals surface area contributed by atoms with Crippen LogP contribution in [0, 0.1) is 0 Å². The van der Waals surface area contributed by atoms with Gasteiger partial charge in [0.05, 0.1) is 0 Å². The van der Waals surface area contributed by atoms with Gasteiger partial charge in [0.25, 0.3) is 0 Å². The summed E-state index contributed by atoms with van der Waals surface area (Å²) in [6.07, 6.45) is 1.23. The summed E-state index contributed by atoms with van der Waals surface area (Å²) >= 11 is 0. The fourth-order valence-electron chi connectivity index (χ4n) is 1.96. The Balaban J connectivity index is 2.55. The van der Waals surface area contributed by atoms with Gasteiger partial charge in [-0.15, -0.1) is 0 Å². The van der Waals surface area contributed by atoms with Crippen LogP contribution in [-0.4, -0.2) is 11.0 Å². The number of phenols is 1. The monoisotopic (exact) mass is 205 g/mol. The van der Waals surface area contributed by atoms with E-state index in [1.807, 2.05) is 0 Å². The summed E-state index contributed by atoms with van der Waals surface area (Å²) in [5.74, 6) is 0.646. The Hall–Kier alpha value is -1.51. The summed E-state index contributed by atoms with van der Waals surface area (Å²) in [5.41, 5.74) is 2.95. The van der Waals surface area contributed by atoms with Crippen LogP contribution in [0.3, 0.4) is 0 Å². The molecule has 0 fully saturated rings. The van der Waals surface area contributed by atoms with E-state index in [1.165, 1.54) is 0 Å². The zero-order valence-electron chi connectivity index (χ0n) is 9.00. The van der Waals surface area contributed by atoms with Gasteiger partial charge in [0.15, 0.2) is 0 Å². The van der Waals surface area contributed by atoms with Crippen LogP contribution in [0.4, 0.5) is 5.69 Å². The Morgan fingerprint density at radius 1 is 1.33 bits per heavy atom. The largest absolute Gasteiger partial charge is 0.508 e. The quantitative estimate of drug-likeness (QED) is 0.692. The number of carbonyl (C=O) groups excluding carboxylic acids is 1. The van der Waals surface area contributed by atoms with Gasteiger partial charge in [-0.05, 0) is 35.6 Å². The molecular weight excluding hydrogens is 190 g/mol. The van der Waals surface area contributed by atoms with Crippen LogP contribution < -0.4 is 5.32 Å². The highest BCUT2D eigenvalue weighted by molar-refractivity contribution is 5.95. The second-order valence-electron chi connectivity index (χ2n) is 4.27. The first-order valence-electron chi connectivity index (χ1n) is 5.23. The van der Waals surface area contributed by atoms with Crippen LogP contribution in [0.25, 0.3) is 0 Å². The Kier molecular flexibility index (Phi) is 2.39. The van der Waals surface area contributed by atoms with Crippen molar-refractivity contribution >= 4 is 11.6 Å². The van der Waals surface area contributed by atoms with E-state index in [-0.39, 0.29) is 11.7 Å². The van der Waals surface area contributed by atoms with Gasteiger partial charge in [-0.2, -0.15) is 0 Å². The molecule has 0 radical (unpaired) electrons. The van der Waals surface area contributed by atoms with Crippen LogP contribution in [0.5, 0.6) is 5.75 Å². The Bertz CT molecular complexity index is 410. The molecule has 0 saturated heterocycles. The zero-order chi connectivity index (χ0) is 11.0. The van der Waals surface area contributed by atoms with Crippen molar-refractivity contribution in [3.05, 3.63) is 23.3 Å². The highest BCUT2D eigenvalue weighted by Crippen LogP contribution is 2.34. The first-order chi connectivity index (χ1) is 7.08. The van der Waals surface area contributed by atoms with Crippen molar-refractivity contribution in [3.63, 3.8) is 0 Å². The molecule has 2 rings (SSSR count). The third-order valence-electron chi connectivity index (χ3n) is 2.74. The summed E-state index contributed by atoms with van der Waals surface area (Å²) < 4.78 is 0. The number of rotatable bonds is 1. The van der Waals surface area contributed by atoms with Crippen molar-refractivity contribution in [2.45, 2.75) is 32.6 Å². The maximum Gasteiger partial charge on any atom is 0.224 e. The Labute approximate surface area is 89.1 Å². The van der Waals surface area contributed by atoms with Crippen molar-refractivity contribution in [3.8, 4) is 5.75 Å². The Morgan fingerprint density at radius 2 is 2.07 bits per heavy atom. The summed E-state index contributed by atoms with van der Waals surface area (Å²) in [6, 6.07) is 3.47. The van der Waals surface area contributed by atoms with E-state index in [0.717, 1.165) is 23.2 Å². The lowest BCUT2D eigenvalue weighted by molar-refractivity contribution is -0.116. The van der Waals surface area contributed by atoms with Crippen molar-refractivity contribution in [1.82, 2.24) is 0 Å². The van der Waals surface area contributed by atoms with Gasteiger partial charge in [0.2, 0.25) is 5.91 Å². The molecule has 1 amide bonds. The van der Waals surface area contributed by atoms with Crippen LogP contribution in [0.15, 0.2) is 12.1 Å². The average Bonchev–Trinajstić information content (AvgIpc) is 2.17. The number of phenolic OH excluding ortho intramolecular Hbond substituents is 1. The molecule has 0 aliphatic carbocycles. The van der Waals surface area contributed by atoms with E-state index in [1.54, 1.807) is 12.1 Å². The molecule has 1 aliphatic heterocycles. The van der Waals surface area contributed by atoms with Crippen molar-refractivity contribution in [2.24, 2.45) is 0 Å². The highest BCUT2D eigenvalue weighted by atomic mass is 16.3. The molecule has 1 aromatic rings. The second-order valence-corrected chi connectivity index (χ2v) is 4.27. The molecule has 1 aliphatic rings. The van der Waals surface area contributed by atoms with E-state index in [2.05, 4.69) is 19.2 Å². The normalized spacial score (nSPS) is 15.0. The lowest BCUT2D eigenvalue weighted by Crippen LogP contribution is -2.20. The molecule has 1 heterocycles. The average molecular weight is 205 g/mol. The number of anilines is 1. The van der Waals surface area contributed by atoms with Crippen LogP contribution in [0.1, 0.15) is 37.3 Å². The number of aromatic hydroxyl groups is 1. The predicted octanol–water partition coefficient (Wildman–Crippen LogP) is 2.40. The number of carbonyl (C=O) groups is 1. The van der Waals surface area contributed by atoms with E-state index in [0.29, 0.717) is 12.3 Å². The molecule has 0 aromatic heterocycles. The van der Waals surface area contributed by atoms with E-state index < -0.39 is 0 Å². The predicted molar refractivity (Wildman–Crippen MR) is 59.1 cm³/mol. The lowest BCUT2D eigenvalue weighted by Gasteiger charge is -2.22. The number of nitrogens with one attached hydrogen (secondary N) is 1. The van der Waals surface area contributed by atoms with Gasteiger partial charge in [-0.25, -0.2) is 0 Å². The topological polar surface area (TPSA) is 49.3 Å². The molecule has 0 atom stereocenters. The molecule has 0 unspecified atom stereocenters. The number of aryl methyl sites for hydroxylation is 1. The first kappa shape index (κ1) is 10.0. The summed E-state index contributed by atoms with van der Waals surface area (Å²) in [7, 11) is 0. The number of fused-ring (bicyclic) bond motifs is 1. The van der Waals surface area contributed by atoms with Crippen molar-refractivity contribution in [1.29, 1.82) is 0 Å². The molecule has 1 aromatic carbocycles. The van der Waals surface area contributed by atoms with E-state index in [9.17, 15) is 9.90 Å². The smallest absolute Gasteiger partial charge is 0.224 e. The Morgan fingerprint density at radius 3 is 2.73 bits per heavy atom. The molecule has 0 spiro atoms. The third kappa shape index (κ3) is 1.82. The summed E-state index contributed by atoms with van der Waals surface area (Å²) in [6.45, 7) is 4.10. The van der Waals surface area contributed by atoms with Crippen LogP contribution >= 0.6 is 0 Å². The number of hydrogen-bond donors (Lipinski definition) is 2. The summed E-state index contributed by atoms with van der Waals surface area (Å²) in [4.78, 5) is 11.3. The number of amides is 1. The van der Waals surface area contributed by atoms with Crippen LogP contribution in [-0.2, 0) is 11.2 Å². The molecule has 0 bridgehead atoms. The van der Waals surface area contributed by atoms with Crippen LogP contribution in [0.2, 0.25) is 0 Å². The third-order valence-corrected chi connectivity index (χ3v) is 2.74. The molecule has 15 heavy (non-hydrogen) atoms. The lowest BCUT2D eigenvalue weighted by atomic mass is 9.93. The minimum absolute atomic E-state index is 0.0649. The summed E-state index contributed by atoms with van der Waals surface area (Å²) in [5, 5.41) is 12.5. The van der Waals surface area contributed by atoms with Gasteiger partial charge in [-0.1, -0.05) is 13.8 Å². The van der Waals surface area contributed by atoms with E-state index in [4.69, 9.17) is 0 Å². The second kappa shape index (κ2) is 3.57. The van der Waals surface area contributed by atoms with Gasteiger partial charge in [0, 0.05) is 12.1 Å². The van der Waals surface area contributed by atoms with Crippen molar-refractivity contribution < 1.29 is 9.90 Å². The highest BCUT2D eigenvalue weighted by Gasteiger charge is 2.20. The number of benzene rings is 1. The molecule has 2 N–H and O–H groups in total. The number of hydrogen-bond acceptors (Lipinski definition) is 2. The molecule has 3 nitrogen and oxygen atoms in total. The molecule has 0 saturated carbocycles. The maximum atomic E-state index is 11.3. The molecular formula is C12H15NO2. The standard InChI is InChI=1S/C12H15NO2/c1-7(2)10-6-9(14)5-8-3-4-11(15)13-12(8)10/h5-7,14H,3-4H2,1-2H3,(H,13,15). The minimum Gasteiger partial charge on any atom is -0.508 e. The van der Waals surface area contributed by atoms with Gasteiger partial charge in [-0.3, -0.25) is 4.79 Å². The maximum absolute atomic E-state index is 11.3. The van der Waals surface area contributed by atoms with Gasteiger partial charge in [0.1, 0.15) is 5.75 Å². The minimum atomic E-state index is 0.0649. The fraction of sp³-hybridized carbons (Fsp3) is 0.417. The van der Waals surface area contributed by atoms with Gasteiger partial charge < -0.3 is 10.4 Å². The molecule has 3 heteroatoms. The zero-order valence-corrected chi connectivity index (χ0v) is 9.00. The first-order valence-corrected chi connectivity index (χ1v) is 5.23. The van der Waals surface area contributed by atoms with Crippen molar-refractivity contribution in [2.75, 3.05) is 5.32 Å². The molecule has 80 valence electrons.